The fourth-order valence-corrected chi connectivity index (χ4v) is 2.69. The van der Waals surface area contributed by atoms with E-state index in [9.17, 15) is 14.7 Å². The third-order valence-electron chi connectivity index (χ3n) is 3.24. The first-order valence-corrected chi connectivity index (χ1v) is 7.29. The zero-order valence-corrected chi connectivity index (χ0v) is 13.6. The van der Waals surface area contributed by atoms with Crippen molar-refractivity contribution in [1.29, 1.82) is 0 Å². The highest BCUT2D eigenvalue weighted by Crippen LogP contribution is 2.35. The first kappa shape index (κ1) is 15.9. The molecule has 2 atom stereocenters. The molecular weight excluding hydrogens is 340 g/mol. The Morgan fingerprint density at radius 2 is 2.14 bits per heavy atom. The lowest BCUT2D eigenvalue weighted by molar-refractivity contribution is -0.180. The van der Waals surface area contributed by atoms with Crippen molar-refractivity contribution < 1.29 is 19.4 Å². The summed E-state index contributed by atoms with van der Waals surface area (Å²) in [7, 11) is 0. The van der Waals surface area contributed by atoms with Crippen molar-refractivity contribution >= 4 is 27.8 Å². The third kappa shape index (κ3) is 3.24. The van der Waals surface area contributed by atoms with E-state index in [1.807, 2.05) is 20.8 Å². The van der Waals surface area contributed by atoms with Gasteiger partial charge in [-0.25, -0.2) is 4.79 Å². The number of morpholine rings is 1. The molecule has 1 fully saturated rings. The molecule has 0 spiro atoms. The molecule has 6 nitrogen and oxygen atoms in total. The molecule has 1 aliphatic rings. The van der Waals surface area contributed by atoms with Gasteiger partial charge in [0.2, 0.25) is 5.91 Å². The van der Waals surface area contributed by atoms with E-state index in [1.54, 1.807) is 23.2 Å². The molecule has 0 bridgehead atoms. The summed E-state index contributed by atoms with van der Waals surface area (Å²) in [4.78, 5) is 29.5. The molecule has 1 aliphatic heterocycles. The molecule has 7 heteroatoms. The summed E-state index contributed by atoms with van der Waals surface area (Å²) in [6.45, 7) is 5.35. The Balaban J connectivity index is 2.51. The van der Waals surface area contributed by atoms with Gasteiger partial charge in [0.1, 0.15) is 12.6 Å². The number of carboxylic acids is 1. The number of nitrogens with zero attached hydrogens (tertiary/aromatic N) is 2. The Morgan fingerprint density at radius 1 is 1.48 bits per heavy atom. The average Bonchev–Trinajstić information content (AvgIpc) is 2.37. The molecule has 0 aromatic carbocycles. The van der Waals surface area contributed by atoms with Gasteiger partial charge in [-0.3, -0.25) is 9.78 Å². The molecule has 1 aromatic rings. The number of carbonyl (C=O) groups is 2. The monoisotopic (exact) mass is 356 g/mol. The molecule has 1 aromatic heterocycles. The summed E-state index contributed by atoms with van der Waals surface area (Å²) in [6.07, 6.45) is 0.448. The number of hydrogen-bond acceptors (Lipinski definition) is 4. The van der Waals surface area contributed by atoms with E-state index >= 15 is 0 Å². The van der Waals surface area contributed by atoms with Gasteiger partial charge in [-0.05, 0) is 48.8 Å². The minimum atomic E-state index is -1.13. The largest absolute Gasteiger partial charge is 0.479 e. The van der Waals surface area contributed by atoms with Gasteiger partial charge in [0, 0.05) is 16.2 Å². The highest BCUT2D eigenvalue weighted by Gasteiger charge is 2.46. The van der Waals surface area contributed by atoms with E-state index in [0.29, 0.717) is 5.69 Å². The maximum Gasteiger partial charge on any atom is 0.335 e. The molecule has 1 N–H and O–H groups in total. The summed E-state index contributed by atoms with van der Waals surface area (Å²) in [5, 5.41) is 9.39. The van der Waals surface area contributed by atoms with Gasteiger partial charge < -0.3 is 14.7 Å². The fourth-order valence-electron chi connectivity index (χ4n) is 2.46. The molecule has 0 aliphatic carbocycles. The molecule has 1 saturated heterocycles. The van der Waals surface area contributed by atoms with E-state index in [2.05, 4.69) is 20.9 Å². The smallest absolute Gasteiger partial charge is 0.335 e. The normalized spacial score (nSPS) is 23.2. The van der Waals surface area contributed by atoms with Gasteiger partial charge >= 0.3 is 5.97 Å². The van der Waals surface area contributed by atoms with E-state index in [0.717, 1.165) is 4.47 Å². The number of ether oxygens (including phenoxy) is 1. The SMILES string of the molecule is CC(C)(C)N1C(=O)COC(C(=O)O)C1c1ccc(Br)cn1. The lowest BCUT2D eigenvalue weighted by Gasteiger charge is -2.46. The highest BCUT2D eigenvalue weighted by atomic mass is 79.9. The zero-order chi connectivity index (χ0) is 15.8. The van der Waals surface area contributed by atoms with Gasteiger partial charge in [-0.1, -0.05) is 0 Å². The number of carboxylic acid groups (broad SMARTS) is 1. The molecule has 0 radical (unpaired) electrons. The summed E-state index contributed by atoms with van der Waals surface area (Å²) in [5.74, 6) is -1.35. The molecule has 0 saturated carbocycles. The minimum Gasteiger partial charge on any atom is -0.479 e. The number of amides is 1. The summed E-state index contributed by atoms with van der Waals surface area (Å²) < 4.78 is 6.01. The van der Waals surface area contributed by atoms with Gasteiger partial charge in [0.15, 0.2) is 6.10 Å². The van der Waals surface area contributed by atoms with Crippen LogP contribution in [0.25, 0.3) is 0 Å². The third-order valence-corrected chi connectivity index (χ3v) is 3.71. The van der Waals surface area contributed by atoms with Crippen molar-refractivity contribution in [3.63, 3.8) is 0 Å². The van der Waals surface area contributed by atoms with Crippen LogP contribution >= 0.6 is 15.9 Å². The summed E-state index contributed by atoms with van der Waals surface area (Å²) in [5.41, 5.74) is -0.0397. The van der Waals surface area contributed by atoms with E-state index in [4.69, 9.17) is 4.74 Å². The lowest BCUT2D eigenvalue weighted by atomic mass is 9.95. The van der Waals surface area contributed by atoms with Gasteiger partial charge in [0.25, 0.3) is 0 Å². The number of halogens is 1. The van der Waals surface area contributed by atoms with Crippen LogP contribution in [0.4, 0.5) is 0 Å². The highest BCUT2D eigenvalue weighted by molar-refractivity contribution is 9.10. The van der Waals surface area contributed by atoms with E-state index < -0.39 is 23.7 Å². The van der Waals surface area contributed by atoms with E-state index in [-0.39, 0.29) is 12.5 Å². The molecule has 2 unspecified atom stereocenters. The Kier molecular flexibility index (Phi) is 4.34. The van der Waals surface area contributed by atoms with Crippen LogP contribution in [0.1, 0.15) is 32.5 Å². The number of carbonyl (C=O) groups excluding carboxylic acids is 1. The minimum absolute atomic E-state index is 0.235. The fraction of sp³-hybridized carbons (Fsp3) is 0.500. The number of rotatable bonds is 2. The van der Waals surface area contributed by atoms with Crippen molar-refractivity contribution in [2.75, 3.05) is 6.61 Å². The van der Waals surface area contributed by atoms with Crippen molar-refractivity contribution in [3.8, 4) is 0 Å². The Labute approximate surface area is 131 Å². The maximum absolute atomic E-state index is 12.2. The summed E-state index contributed by atoms with van der Waals surface area (Å²) in [6, 6.07) is 2.71. The lowest BCUT2D eigenvalue weighted by Crippen LogP contribution is -2.58. The second-order valence-corrected chi connectivity index (χ2v) is 6.77. The van der Waals surface area contributed by atoms with Crippen LogP contribution in [0.2, 0.25) is 0 Å². The molecular formula is C14H17BrN2O4. The summed E-state index contributed by atoms with van der Waals surface area (Å²) >= 11 is 3.29. The average molecular weight is 357 g/mol. The van der Waals surface area contributed by atoms with Gasteiger partial charge in [0.05, 0.1) is 5.69 Å². The van der Waals surface area contributed by atoms with Crippen LogP contribution in [-0.2, 0) is 14.3 Å². The van der Waals surface area contributed by atoms with Crippen molar-refractivity contribution in [2.24, 2.45) is 0 Å². The van der Waals surface area contributed by atoms with Gasteiger partial charge in [-0.15, -0.1) is 0 Å². The first-order valence-electron chi connectivity index (χ1n) is 6.50. The molecule has 114 valence electrons. The quantitative estimate of drug-likeness (QED) is 0.876. The van der Waals surface area contributed by atoms with Crippen LogP contribution < -0.4 is 0 Å². The Bertz CT molecular complexity index is 553. The Morgan fingerprint density at radius 3 is 2.62 bits per heavy atom. The van der Waals surface area contributed by atoms with Crippen molar-refractivity contribution in [3.05, 3.63) is 28.5 Å². The predicted molar refractivity (Wildman–Crippen MR) is 78.7 cm³/mol. The number of aromatic nitrogens is 1. The second-order valence-electron chi connectivity index (χ2n) is 5.85. The van der Waals surface area contributed by atoms with Crippen LogP contribution in [0.3, 0.4) is 0 Å². The molecule has 1 amide bonds. The molecule has 21 heavy (non-hydrogen) atoms. The van der Waals surface area contributed by atoms with E-state index in [1.165, 1.54) is 0 Å². The predicted octanol–water partition coefficient (Wildman–Crippen LogP) is 2.00. The molecule has 2 heterocycles. The second kappa shape index (κ2) is 5.73. The zero-order valence-electron chi connectivity index (χ0n) is 12.0. The van der Waals surface area contributed by atoms with Crippen LogP contribution in [0, 0.1) is 0 Å². The topological polar surface area (TPSA) is 79.7 Å². The first-order chi connectivity index (χ1) is 9.71. The molecule has 2 rings (SSSR count). The van der Waals surface area contributed by atoms with Crippen LogP contribution in [-0.4, -0.2) is 45.1 Å². The number of aliphatic carboxylic acids is 1. The maximum atomic E-state index is 12.2. The standard InChI is InChI=1S/C14H17BrN2O4/c1-14(2,3)17-10(18)7-21-12(13(19)20)11(17)9-5-4-8(15)6-16-9/h4-6,11-12H,7H2,1-3H3,(H,19,20). The van der Waals surface area contributed by atoms with Gasteiger partial charge in [-0.2, -0.15) is 0 Å². The van der Waals surface area contributed by atoms with Crippen LogP contribution in [0.15, 0.2) is 22.8 Å². The number of hydrogen-bond donors (Lipinski definition) is 1. The number of pyridine rings is 1. The van der Waals surface area contributed by atoms with Crippen molar-refractivity contribution in [2.45, 2.75) is 38.5 Å². The van der Waals surface area contributed by atoms with Crippen molar-refractivity contribution in [1.82, 2.24) is 9.88 Å². The Hall–Kier alpha value is -1.47. The van der Waals surface area contributed by atoms with Crippen LogP contribution in [0.5, 0.6) is 0 Å².